The number of nitrogens with zero attached hydrogens (tertiary/aromatic N) is 2. The molecule has 0 saturated heterocycles. The lowest BCUT2D eigenvalue weighted by molar-refractivity contribution is 0.102. The number of anilines is 2. The van der Waals surface area contributed by atoms with Crippen molar-refractivity contribution in [2.24, 2.45) is 0 Å². The van der Waals surface area contributed by atoms with Gasteiger partial charge in [0.25, 0.3) is 5.91 Å². The zero-order valence-corrected chi connectivity index (χ0v) is 10.6. The summed E-state index contributed by atoms with van der Waals surface area (Å²) in [7, 11) is 0. The van der Waals surface area contributed by atoms with E-state index in [4.69, 9.17) is 0 Å². The van der Waals surface area contributed by atoms with Gasteiger partial charge in [-0.25, -0.2) is 14.4 Å². The van der Waals surface area contributed by atoms with Crippen molar-refractivity contribution in [3.63, 3.8) is 0 Å². The van der Waals surface area contributed by atoms with Crippen LogP contribution in [-0.2, 0) is 0 Å². The number of rotatable bonds is 5. The van der Waals surface area contributed by atoms with E-state index in [1.807, 2.05) is 0 Å². The number of amides is 1. The summed E-state index contributed by atoms with van der Waals surface area (Å²) < 4.78 is 13.0. The zero-order valence-electron chi connectivity index (χ0n) is 10.6. The van der Waals surface area contributed by atoms with E-state index in [0.717, 1.165) is 0 Å². The Kier molecular flexibility index (Phi) is 4.39. The van der Waals surface area contributed by atoms with Gasteiger partial charge in [-0.1, -0.05) is 12.1 Å². The monoisotopic (exact) mass is 272 g/mol. The molecule has 102 valence electrons. The van der Waals surface area contributed by atoms with Crippen molar-refractivity contribution in [2.75, 3.05) is 17.2 Å². The van der Waals surface area contributed by atoms with Crippen LogP contribution in [0.1, 0.15) is 10.5 Å². The summed E-state index contributed by atoms with van der Waals surface area (Å²) in [5.41, 5.74) is 0.560. The van der Waals surface area contributed by atoms with Crippen molar-refractivity contribution < 1.29 is 9.18 Å². The van der Waals surface area contributed by atoms with Gasteiger partial charge in [-0.2, -0.15) is 0 Å². The molecular weight excluding hydrogens is 259 g/mol. The van der Waals surface area contributed by atoms with Gasteiger partial charge < -0.3 is 10.6 Å². The molecule has 1 heterocycles. The molecule has 0 radical (unpaired) electrons. The van der Waals surface area contributed by atoms with E-state index in [9.17, 15) is 9.18 Å². The normalized spacial score (nSPS) is 9.85. The third-order valence-corrected chi connectivity index (χ3v) is 2.38. The molecule has 20 heavy (non-hydrogen) atoms. The van der Waals surface area contributed by atoms with Crippen molar-refractivity contribution in [3.8, 4) is 0 Å². The zero-order chi connectivity index (χ0) is 14.4. The van der Waals surface area contributed by atoms with Crippen LogP contribution in [0.25, 0.3) is 0 Å². The van der Waals surface area contributed by atoms with Crippen molar-refractivity contribution in [3.05, 3.63) is 60.7 Å². The predicted octanol–water partition coefficient (Wildman–Crippen LogP) is 2.47. The van der Waals surface area contributed by atoms with Crippen LogP contribution in [0.5, 0.6) is 0 Å². The third kappa shape index (κ3) is 3.61. The average Bonchev–Trinajstić information content (AvgIpc) is 2.45. The van der Waals surface area contributed by atoms with Gasteiger partial charge in [-0.15, -0.1) is 6.58 Å². The molecule has 1 aromatic carbocycles. The van der Waals surface area contributed by atoms with E-state index in [1.54, 1.807) is 12.1 Å². The van der Waals surface area contributed by atoms with Crippen molar-refractivity contribution in [1.82, 2.24) is 9.97 Å². The molecule has 0 saturated carbocycles. The number of aromatic nitrogens is 2. The van der Waals surface area contributed by atoms with Crippen molar-refractivity contribution in [1.29, 1.82) is 0 Å². The molecule has 0 unspecified atom stereocenters. The number of nitrogens with one attached hydrogen (secondary N) is 2. The first-order chi connectivity index (χ1) is 9.69. The summed E-state index contributed by atoms with van der Waals surface area (Å²) in [4.78, 5) is 20.0. The summed E-state index contributed by atoms with van der Waals surface area (Å²) in [5.74, 6) is -0.518. The summed E-state index contributed by atoms with van der Waals surface area (Å²) in [6.07, 6.45) is 3.13. The van der Waals surface area contributed by atoms with E-state index in [1.165, 1.54) is 30.5 Å². The average molecular weight is 272 g/mol. The van der Waals surface area contributed by atoms with E-state index < -0.39 is 11.7 Å². The highest BCUT2D eigenvalue weighted by atomic mass is 19.1. The minimum Gasteiger partial charge on any atom is -0.351 e. The number of hydrogen-bond donors (Lipinski definition) is 2. The first kappa shape index (κ1) is 13.7. The molecule has 0 atom stereocenters. The largest absolute Gasteiger partial charge is 0.351 e. The number of halogens is 1. The van der Waals surface area contributed by atoms with E-state index in [2.05, 4.69) is 27.2 Å². The number of carbonyl (C=O) groups is 1. The number of hydrogen-bond acceptors (Lipinski definition) is 4. The summed E-state index contributed by atoms with van der Waals surface area (Å²) >= 11 is 0. The fourth-order valence-electron chi connectivity index (χ4n) is 1.50. The summed E-state index contributed by atoms with van der Waals surface area (Å²) in [6.45, 7) is 4.06. The second-order valence-electron chi connectivity index (χ2n) is 3.90. The summed E-state index contributed by atoms with van der Waals surface area (Å²) in [6, 6.07) is 7.13. The summed E-state index contributed by atoms with van der Waals surface area (Å²) in [5, 5.41) is 5.45. The second kappa shape index (κ2) is 6.42. The Labute approximate surface area is 115 Å². The van der Waals surface area contributed by atoms with Crippen molar-refractivity contribution >= 4 is 17.5 Å². The maximum Gasteiger partial charge on any atom is 0.274 e. The van der Waals surface area contributed by atoms with Gasteiger partial charge in [0, 0.05) is 18.4 Å². The van der Waals surface area contributed by atoms with Crippen LogP contribution in [0, 0.1) is 5.82 Å². The van der Waals surface area contributed by atoms with Gasteiger partial charge in [0.1, 0.15) is 11.5 Å². The van der Waals surface area contributed by atoms with Crippen LogP contribution in [0.3, 0.4) is 0 Å². The van der Waals surface area contributed by atoms with Crippen LogP contribution in [0.2, 0.25) is 0 Å². The highest BCUT2D eigenvalue weighted by Gasteiger charge is 2.09. The van der Waals surface area contributed by atoms with Crippen LogP contribution < -0.4 is 10.6 Å². The van der Waals surface area contributed by atoms with E-state index >= 15 is 0 Å². The molecule has 2 aromatic rings. The highest BCUT2D eigenvalue weighted by molar-refractivity contribution is 6.02. The fraction of sp³-hybridized carbons (Fsp3) is 0.0714. The molecule has 0 aliphatic rings. The molecule has 6 heteroatoms. The molecule has 2 rings (SSSR count). The van der Waals surface area contributed by atoms with Gasteiger partial charge in [-0.3, -0.25) is 4.79 Å². The fourth-order valence-corrected chi connectivity index (χ4v) is 1.50. The van der Waals surface area contributed by atoms with E-state index in [0.29, 0.717) is 18.2 Å². The predicted molar refractivity (Wildman–Crippen MR) is 75.1 cm³/mol. The Hall–Kier alpha value is -2.76. The van der Waals surface area contributed by atoms with E-state index in [-0.39, 0.29) is 5.69 Å². The molecule has 0 fully saturated rings. The smallest absolute Gasteiger partial charge is 0.274 e. The van der Waals surface area contributed by atoms with Gasteiger partial charge in [0.05, 0.1) is 0 Å². The lowest BCUT2D eigenvalue weighted by Crippen LogP contribution is -2.15. The molecule has 1 aromatic heterocycles. The van der Waals surface area contributed by atoms with Gasteiger partial charge in [0.2, 0.25) is 5.95 Å². The molecule has 0 aliphatic heterocycles. The molecule has 2 N–H and O–H groups in total. The van der Waals surface area contributed by atoms with Crippen LogP contribution in [0.15, 0.2) is 49.2 Å². The van der Waals surface area contributed by atoms with Gasteiger partial charge >= 0.3 is 0 Å². The first-order valence-corrected chi connectivity index (χ1v) is 5.94. The lowest BCUT2D eigenvalue weighted by atomic mass is 10.3. The van der Waals surface area contributed by atoms with Crippen LogP contribution in [-0.4, -0.2) is 22.4 Å². The third-order valence-electron chi connectivity index (χ3n) is 2.38. The lowest BCUT2D eigenvalue weighted by Gasteiger charge is -2.06. The van der Waals surface area contributed by atoms with Crippen LogP contribution >= 0.6 is 0 Å². The van der Waals surface area contributed by atoms with Gasteiger partial charge in [0.15, 0.2) is 0 Å². The number of benzene rings is 1. The molecular formula is C14H13FN4O. The first-order valence-electron chi connectivity index (χ1n) is 5.94. The Balaban J connectivity index is 2.10. The highest BCUT2D eigenvalue weighted by Crippen LogP contribution is 2.11. The Bertz CT molecular complexity index is 630. The molecule has 0 spiro atoms. The Morgan fingerprint density at radius 1 is 1.40 bits per heavy atom. The topological polar surface area (TPSA) is 66.9 Å². The minimum atomic E-state index is -0.431. The molecule has 1 amide bonds. The van der Waals surface area contributed by atoms with Crippen LogP contribution in [0.4, 0.5) is 16.0 Å². The maximum atomic E-state index is 13.0. The SMILES string of the molecule is C=CCNc1nccc(C(=O)Nc2cccc(F)c2)n1. The minimum absolute atomic E-state index is 0.191. The Morgan fingerprint density at radius 3 is 3.00 bits per heavy atom. The maximum absolute atomic E-state index is 13.0. The van der Waals surface area contributed by atoms with Crippen molar-refractivity contribution in [2.45, 2.75) is 0 Å². The van der Waals surface area contributed by atoms with Gasteiger partial charge in [-0.05, 0) is 24.3 Å². The number of carbonyl (C=O) groups excluding carboxylic acids is 1. The molecule has 0 aliphatic carbocycles. The standard InChI is InChI=1S/C14H13FN4O/c1-2-7-16-14-17-8-6-12(19-14)13(20)18-11-5-3-4-10(15)9-11/h2-6,8-9H,1,7H2,(H,18,20)(H,16,17,19). The molecule has 0 bridgehead atoms. The second-order valence-corrected chi connectivity index (χ2v) is 3.90. The molecule has 5 nitrogen and oxygen atoms in total. The Morgan fingerprint density at radius 2 is 2.25 bits per heavy atom. The quantitative estimate of drug-likeness (QED) is 0.820.